The summed E-state index contributed by atoms with van der Waals surface area (Å²) in [5.41, 5.74) is 5.96. The van der Waals surface area contributed by atoms with E-state index in [1.807, 2.05) is 13.0 Å². The van der Waals surface area contributed by atoms with E-state index in [0.717, 1.165) is 50.7 Å². The fourth-order valence-corrected chi connectivity index (χ4v) is 3.26. The molecule has 3 rings (SSSR count). The molecular formula is C19H26N4O2. The van der Waals surface area contributed by atoms with Gasteiger partial charge in [0, 0.05) is 38.3 Å². The van der Waals surface area contributed by atoms with Crippen LogP contribution < -0.4 is 10.6 Å². The van der Waals surface area contributed by atoms with E-state index < -0.39 is 5.91 Å². The SMILES string of the molecule is Cc1ccc([C@@H](C)CCN2CCN(c3ncccc3C(N)=O)CC2)o1. The molecule has 134 valence electrons. The molecule has 0 aromatic carbocycles. The van der Waals surface area contributed by atoms with Crippen LogP contribution >= 0.6 is 0 Å². The van der Waals surface area contributed by atoms with Gasteiger partial charge in [-0.25, -0.2) is 4.98 Å². The number of anilines is 1. The highest BCUT2D eigenvalue weighted by atomic mass is 16.3. The number of carbonyl (C=O) groups is 1. The van der Waals surface area contributed by atoms with Crippen molar-refractivity contribution in [3.8, 4) is 0 Å². The van der Waals surface area contributed by atoms with Gasteiger partial charge in [-0.2, -0.15) is 0 Å². The number of hydrogen-bond donors (Lipinski definition) is 1. The van der Waals surface area contributed by atoms with Gasteiger partial charge in [0.1, 0.15) is 17.3 Å². The first-order chi connectivity index (χ1) is 12.0. The summed E-state index contributed by atoms with van der Waals surface area (Å²) >= 11 is 0. The van der Waals surface area contributed by atoms with Crippen LogP contribution in [0.15, 0.2) is 34.9 Å². The van der Waals surface area contributed by atoms with E-state index in [4.69, 9.17) is 10.2 Å². The Balaban J connectivity index is 1.51. The number of pyridine rings is 1. The predicted molar refractivity (Wildman–Crippen MR) is 97.9 cm³/mol. The van der Waals surface area contributed by atoms with Crippen LogP contribution in [0.2, 0.25) is 0 Å². The summed E-state index contributed by atoms with van der Waals surface area (Å²) in [6, 6.07) is 7.58. The molecule has 2 N–H and O–H groups in total. The second kappa shape index (κ2) is 7.70. The molecule has 0 radical (unpaired) electrons. The number of aryl methyl sites for hydroxylation is 1. The molecule has 2 aromatic rings. The van der Waals surface area contributed by atoms with Crippen LogP contribution in [0.25, 0.3) is 0 Å². The minimum atomic E-state index is -0.423. The van der Waals surface area contributed by atoms with E-state index in [0.29, 0.717) is 17.3 Å². The smallest absolute Gasteiger partial charge is 0.252 e. The molecule has 3 heterocycles. The molecule has 6 heteroatoms. The van der Waals surface area contributed by atoms with Crippen LogP contribution in [-0.2, 0) is 0 Å². The lowest BCUT2D eigenvalue weighted by atomic mass is 10.0. The number of nitrogens with zero attached hydrogens (tertiary/aromatic N) is 3. The van der Waals surface area contributed by atoms with Gasteiger partial charge in [0.05, 0.1) is 5.56 Å². The number of primary amides is 1. The van der Waals surface area contributed by atoms with Crippen LogP contribution in [0.3, 0.4) is 0 Å². The van der Waals surface area contributed by atoms with E-state index in [1.54, 1.807) is 18.3 Å². The van der Waals surface area contributed by atoms with Crippen molar-refractivity contribution in [2.45, 2.75) is 26.2 Å². The quantitative estimate of drug-likeness (QED) is 0.872. The van der Waals surface area contributed by atoms with Gasteiger partial charge in [-0.3, -0.25) is 9.69 Å². The van der Waals surface area contributed by atoms with E-state index >= 15 is 0 Å². The maximum atomic E-state index is 11.6. The van der Waals surface area contributed by atoms with Crippen molar-refractivity contribution < 1.29 is 9.21 Å². The summed E-state index contributed by atoms with van der Waals surface area (Å²) in [7, 11) is 0. The van der Waals surface area contributed by atoms with Crippen LogP contribution in [0.1, 0.15) is 41.1 Å². The minimum Gasteiger partial charge on any atom is -0.466 e. The third-order valence-electron chi connectivity index (χ3n) is 4.85. The second-order valence-electron chi connectivity index (χ2n) is 6.71. The molecule has 25 heavy (non-hydrogen) atoms. The molecule has 1 aliphatic rings. The number of carbonyl (C=O) groups excluding carboxylic acids is 1. The number of piperazine rings is 1. The summed E-state index contributed by atoms with van der Waals surface area (Å²) in [4.78, 5) is 20.5. The molecule has 1 atom stereocenters. The number of furan rings is 1. The summed E-state index contributed by atoms with van der Waals surface area (Å²) < 4.78 is 5.72. The Bertz CT molecular complexity index is 720. The van der Waals surface area contributed by atoms with Gasteiger partial charge in [0.15, 0.2) is 0 Å². The Hall–Kier alpha value is -2.34. The van der Waals surface area contributed by atoms with Gasteiger partial charge in [0.25, 0.3) is 5.91 Å². The van der Waals surface area contributed by atoms with Crippen LogP contribution in [0.4, 0.5) is 5.82 Å². The molecule has 0 bridgehead atoms. The van der Waals surface area contributed by atoms with Crippen molar-refractivity contribution in [3.63, 3.8) is 0 Å². The summed E-state index contributed by atoms with van der Waals surface area (Å²) in [6.45, 7) is 8.85. The van der Waals surface area contributed by atoms with Crippen LogP contribution in [0, 0.1) is 6.92 Å². The van der Waals surface area contributed by atoms with E-state index in [1.165, 1.54) is 0 Å². The monoisotopic (exact) mass is 342 g/mol. The Morgan fingerprint density at radius 1 is 1.28 bits per heavy atom. The predicted octanol–water partition coefficient (Wildman–Crippen LogP) is 2.40. The number of amides is 1. The zero-order valence-electron chi connectivity index (χ0n) is 14.9. The first kappa shape index (κ1) is 17.5. The number of rotatable bonds is 6. The average molecular weight is 342 g/mol. The van der Waals surface area contributed by atoms with Gasteiger partial charge in [0.2, 0.25) is 0 Å². The molecule has 6 nitrogen and oxygen atoms in total. The van der Waals surface area contributed by atoms with Crippen molar-refractivity contribution in [3.05, 3.63) is 47.5 Å². The van der Waals surface area contributed by atoms with Gasteiger partial charge in [-0.15, -0.1) is 0 Å². The zero-order chi connectivity index (χ0) is 17.8. The molecule has 1 aliphatic heterocycles. The summed E-state index contributed by atoms with van der Waals surface area (Å²) in [6.07, 6.45) is 2.78. The lowest BCUT2D eigenvalue weighted by Crippen LogP contribution is -2.47. The molecule has 0 unspecified atom stereocenters. The second-order valence-corrected chi connectivity index (χ2v) is 6.71. The van der Waals surface area contributed by atoms with Crippen molar-refractivity contribution >= 4 is 11.7 Å². The average Bonchev–Trinajstić information content (AvgIpc) is 3.06. The molecule has 0 aliphatic carbocycles. The van der Waals surface area contributed by atoms with E-state index in [-0.39, 0.29) is 0 Å². The largest absolute Gasteiger partial charge is 0.466 e. The first-order valence-electron chi connectivity index (χ1n) is 8.83. The Kier molecular flexibility index (Phi) is 5.38. The lowest BCUT2D eigenvalue weighted by Gasteiger charge is -2.36. The maximum absolute atomic E-state index is 11.6. The number of aromatic nitrogens is 1. The third-order valence-corrected chi connectivity index (χ3v) is 4.85. The molecular weight excluding hydrogens is 316 g/mol. The van der Waals surface area contributed by atoms with E-state index in [2.05, 4.69) is 27.8 Å². The Morgan fingerprint density at radius 2 is 2.04 bits per heavy atom. The van der Waals surface area contributed by atoms with E-state index in [9.17, 15) is 4.79 Å². The number of hydrogen-bond acceptors (Lipinski definition) is 5. The zero-order valence-corrected chi connectivity index (χ0v) is 14.9. The normalized spacial score (nSPS) is 16.8. The first-order valence-corrected chi connectivity index (χ1v) is 8.83. The van der Waals surface area contributed by atoms with Crippen molar-refractivity contribution in [2.24, 2.45) is 5.73 Å². The topological polar surface area (TPSA) is 75.6 Å². The highest BCUT2D eigenvalue weighted by Gasteiger charge is 2.22. The van der Waals surface area contributed by atoms with Gasteiger partial charge >= 0.3 is 0 Å². The van der Waals surface area contributed by atoms with Gasteiger partial charge in [-0.1, -0.05) is 6.92 Å². The van der Waals surface area contributed by atoms with Crippen LogP contribution in [-0.4, -0.2) is 48.5 Å². The molecule has 1 saturated heterocycles. The Morgan fingerprint density at radius 3 is 2.68 bits per heavy atom. The highest BCUT2D eigenvalue weighted by Crippen LogP contribution is 2.23. The van der Waals surface area contributed by atoms with Crippen molar-refractivity contribution in [1.29, 1.82) is 0 Å². The highest BCUT2D eigenvalue weighted by molar-refractivity contribution is 5.97. The molecule has 0 saturated carbocycles. The third kappa shape index (κ3) is 4.20. The molecule has 1 fully saturated rings. The lowest BCUT2D eigenvalue weighted by molar-refractivity contribution is 0.1000. The molecule has 2 aromatic heterocycles. The fraction of sp³-hybridized carbons (Fsp3) is 0.474. The van der Waals surface area contributed by atoms with Crippen LogP contribution in [0.5, 0.6) is 0 Å². The van der Waals surface area contributed by atoms with Gasteiger partial charge < -0.3 is 15.1 Å². The number of nitrogens with two attached hydrogens (primary N) is 1. The van der Waals surface area contributed by atoms with Crippen molar-refractivity contribution in [2.75, 3.05) is 37.6 Å². The minimum absolute atomic E-state index is 0.420. The Labute approximate surface area is 148 Å². The standard InChI is InChI=1S/C19H26N4O2/c1-14(17-6-5-15(2)25-17)7-9-22-10-12-23(13-11-22)19-16(18(20)24)4-3-8-21-19/h3-6,8,14H,7,9-13H2,1-2H3,(H2,20,24)/t14-/m0/s1. The fourth-order valence-electron chi connectivity index (χ4n) is 3.26. The summed E-state index contributed by atoms with van der Waals surface area (Å²) in [5.74, 6) is 2.73. The molecule has 0 spiro atoms. The van der Waals surface area contributed by atoms with Crippen molar-refractivity contribution in [1.82, 2.24) is 9.88 Å². The summed E-state index contributed by atoms with van der Waals surface area (Å²) in [5, 5.41) is 0. The maximum Gasteiger partial charge on any atom is 0.252 e. The molecule has 1 amide bonds. The van der Waals surface area contributed by atoms with Gasteiger partial charge in [-0.05, 0) is 44.2 Å².